The number of halogens is 2. The quantitative estimate of drug-likeness (QED) is 0.870. The van der Waals surface area contributed by atoms with Gasteiger partial charge in [-0.1, -0.05) is 0 Å². The lowest BCUT2D eigenvalue weighted by Gasteiger charge is -2.23. The van der Waals surface area contributed by atoms with Gasteiger partial charge in [0.15, 0.2) is 11.6 Å². The van der Waals surface area contributed by atoms with Crippen molar-refractivity contribution in [2.24, 2.45) is 0 Å². The van der Waals surface area contributed by atoms with E-state index in [9.17, 15) is 9.18 Å². The van der Waals surface area contributed by atoms with E-state index in [2.05, 4.69) is 31.5 Å². The van der Waals surface area contributed by atoms with E-state index in [4.69, 9.17) is 0 Å². The van der Waals surface area contributed by atoms with Crippen LogP contribution in [0.15, 0.2) is 16.7 Å². The summed E-state index contributed by atoms with van der Waals surface area (Å²) in [5.41, 5.74) is 0. The molecule has 1 saturated heterocycles. The Balaban J connectivity index is 2.10. The molecule has 6 heteroatoms. The molecule has 1 aromatic rings. The summed E-state index contributed by atoms with van der Waals surface area (Å²) in [4.78, 5) is 15.3. The van der Waals surface area contributed by atoms with Crippen molar-refractivity contribution in [3.05, 3.63) is 22.6 Å². The summed E-state index contributed by atoms with van der Waals surface area (Å²) >= 11 is 3.12. The molecule has 1 aliphatic heterocycles. The van der Waals surface area contributed by atoms with Gasteiger partial charge in [0.1, 0.15) is 6.04 Å². The van der Waals surface area contributed by atoms with Crippen LogP contribution in [0.3, 0.4) is 0 Å². The van der Waals surface area contributed by atoms with Crippen molar-refractivity contribution in [1.82, 2.24) is 10.3 Å². The molecule has 1 aromatic heterocycles. The number of nitrogens with one attached hydrogen (secondary N) is 2. The van der Waals surface area contributed by atoms with Crippen molar-refractivity contribution in [2.75, 3.05) is 11.9 Å². The molecule has 1 fully saturated rings. The third-order valence-electron chi connectivity index (χ3n) is 2.40. The molecule has 0 aliphatic carbocycles. The fraction of sp³-hybridized carbons (Fsp3) is 0.400. The smallest absolute Gasteiger partial charge is 0.242 e. The Morgan fingerprint density at radius 2 is 2.44 bits per heavy atom. The second-order valence-electron chi connectivity index (χ2n) is 3.61. The van der Waals surface area contributed by atoms with Crippen molar-refractivity contribution in [2.45, 2.75) is 18.9 Å². The first kappa shape index (κ1) is 11.3. The lowest BCUT2D eigenvalue weighted by atomic mass is 10.1. The first-order valence-electron chi connectivity index (χ1n) is 5.02. The Morgan fingerprint density at radius 3 is 3.12 bits per heavy atom. The average Bonchev–Trinajstić information content (AvgIpc) is 2.25. The highest BCUT2D eigenvalue weighted by atomic mass is 79.9. The van der Waals surface area contributed by atoms with E-state index >= 15 is 0 Å². The Hall–Kier alpha value is -1.17. The van der Waals surface area contributed by atoms with E-state index < -0.39 is 11.9 Å². The van der Waals surface area contributed by atoms with E-state index in [-0.39, 0.29) is 11.7 Å². The van der Waals surface area contributed by atoms with Crippen LogP contribution in [-0.2, 0) is 4.79 Å². The highest BCUT2D eigenvalue weighted by Crippen LogP contribution is 2.18. The molecule has 4 nitrogen and oxygen atoms in total. The van der Waals surface area contributed by atoms with Crippen molar-refractivity contribution >= 4 is 27.7 Å². The molecule has 2 heterocycles. The maximum atomic E-state index is 13.4. The van der Waals surface area contributed by atoms with E-state index in [0.717, 1.165) is 6.42 Å². The Kier molecular flexibility index (Phi) is 3.38. The largest absolute Gasteiger partial charge is 0.356 e. The van der Waals surface area contributed by atoms with Gasteiger partial charge in [0.05, 0.1) is 0 Å². The summed E-state index contributed by atoms with van der Waals surface area (Å²) in [6, 6.07) is 0.924. The number of piperidine rings is 1. The fourth-order valence-corrected chi connectivity index (χ4v) is 1.90. The SMILES string of the molecule is O=C1NCCCC1Nc1ncc(Br)cc1F. The molecule has 0 saturated carbocycles. The van der Waals surface area contributed by atoms with Crippen molar-refractivity contribution < 1.29 is 9.18 Å². The number of carbonyl (C=O) groups excluding carboxylic acids is 1. The number of hydrogen-bond donors (Lipinski definition) is 2. The van der Waals surface area contributed by atoms with E-state index in [1.54, 1.807) is 0 Å². The third kappa shape index (κ3) is 2.49. The van der Waals surface area contributed by atoms with Crippen molar-refractivity contribution in [1.29, 1.82) is 0 Å². The van der Waals surface area contributed by atoms with Crippen LogP contribution in [0.1, 0.15) is 12.8 Å². The minimum Gasteiger partial charge on any atom is -0.356 e. The predicted molar refractivity (Wildman–Crippen MR) is 61.5 cm³/mol. The number of hydrogen-bond acceptors (Lipinski definition) is 3. The monoisotopic (exact) mass is 287 g/mol. The van der Waals surface area contributed by atoms with Crippen LogP contribution in [0, 0.1) is 5.82 Å². The maximum Gasteiger partial charge on any atom is 0.242 e. The Morgan fingerprint density at radius 1 is 1.62 bits per heavy atom. The third-order valence-corrected chi connectivity index (χ3v) is 2.84. The van der Waals surface area contributed by atoms with Crippen molar-refractivity contribution in [3.63, 3.8) is 0 Å². The normalized spacial score (nSPS) is 20.4. The first-order chi connectivity index (χ1) is 7.66. The number of carbonyl (C=O) groups is 1. The number of pyridine rings is 1. The van der Waals surface area contributed by atoms with E-state index in [0.29, 0.717) is 17.4 Å². The highest BCUT2D eigenvalue weighted by molar-refractivity contribution is 9.10. The Labute approximate surface area is 101 Å². The molecule has 0 radical (unpaired) electrons. The van der Waals surface area contributed by atoms with E-state index in [1.165, 1.54) is 12.3 Å². The van der Waals surface area contributed by atoms with Gasteiger partial charge < -0.3 is 10.6 Å². The van der Waals surface area contributed by atoms with E-state index in [1.807, 2.05) is 0 Å². The number of amides is 1. The van der Waals surface area contributed by atoms with Gasteiger partial charge in [-0.3, -0.25) is 4.79 Å². The number of anilines is 1. The van der Waals surface area contributed by atoms with Gasteiger partial charge in [-0.2, -0.15) is 0 Å². The molecule has 0 spiro atoms. The summed E-state index contributed by atoms with van der Waals surface area (Å²) in [6.45, 7) is 0.688. The lowest BCUT2D eigenvalue weighted by molar-refractivity contribution is -0.123. The molecule has 0 aromatic carbocycles. The van der Waals surface area contributed by atoms with Gasteiger partial charge in [-0.15, -0.1) is 0 Å². The first-order valence-corrected chi connectivity index (χ1v) is 5.81. The van der Waals surface area contributed by atoms with Gasteiger partial charge in [0, 0.05) is 17.2 Å². The molecule has 1 amide bonds. The van der Waals surface area contributed by atoms with Crippen molar-refractivity contribution in [3.8, 4) is 0 Å². The summed E-state index contributed by atoms with van der Waals surface area (Å²) in [5, 5.41) is 5.53. The summed E-state index contributed by atoms with van der Waals surface area (Å²) in [5.74, 6) is -0.451. The van der Waals surface area contributed by atoms with Crippen LogP contribution in [-0.4, -0.2) is 23.5 Å². The standard InChI is InChI=1S/C10H11BrFN3O/c11-6-4-7(12)9(14-5-6)15-8-2-1-3-13-10(8)16/h4-5,8H,1-3H2,(H,13,16)(H,14,15). The molecule has 16 heavy (non-hydrogen) atoms. The van der Waals surface area contributed by atoms with Crippen LogP contribution >= 0.6 is 15.9 Å². The minimum atomic E-state index is -0.465. The molecule has 1 unspecified atom stereocenters. The summed E-state index contributed by atoms with van der Waals surface area (Å²) < 4.78 is 14.0. The maximum absolute atomic E-state index is 13.4. The number of rotatable bonds is 2. The van der Waals surface area contributed by atoms with Crippen LogP contribution in [0.4, 0.5) is 10.2 Å². The number of aromatic nitrogens is 1. The average molecular weight is 288 g/mol. The van der Waals surface area contributed by atoms with Crippen LogP contribution in [0.2, 0.25) is 0 Å². The molecule has 0 bridgehead atoms. The second kappa shape index (κ2) is 4.78. The minimum absolute atomic E-state index is 0.102. The Bertz CT molecular complexity index is 413. The summed E-state index contributed by atoms with van der Waals surface area (Å²) in [7, 11) is 0. The lowest BCUT2D eigenvalue weighted by Crippen LogP contribution is -2.44. The van der Waals surface area contributed by atoms with Gasteiger partial charge in [-0.05, 0) is 34.8 Å². The molecular formula is C10H11BrFN3O. The van der Waals surface area contributed by atoms with Crippen LogP contribution in [0.25, 0.3) is 0 Å². The molecule has 86 valence electrons. The van der Waals surface area contributed by atoms with Gasteiger partial charge in [0.25, 0.3) is 0 Å². The predicted octanol–water partition coefficient (Wildman–Crippen LogP) is 1.67. The zero-order chi connectivity index (χ0) is 11.5. The van der Waals surface area contributed by atoms with Gasteiger partial charge >= 0.3 is 0 Å². The molecular weight excluding hydrogens is 277 g/mol. The number of nitrogens with zero attached hydrogens (tertiary/aromatic N) is 1. The van der Waals surface area contributed by atoms with Crippen LogP contribution in [0.5, 0.6) is 0 Å². The highest BCUT2D eigenvalue weighted by Gasteiger charge is 2.22. The fourth-order valence-electron chi connectivity index (χ4n) is 1.60. The molecule has 2 N–H and O–H groups in total. The zero-order valence-corrected chi connectivity index (χ0v) is 10.1. The van der Waals surface area contributed by atoms with Crippen LogP contribution < -0.4 is 10.6 Å². The molecule has 2 rings (SSSR count). The molecule has 1 atom stereocenters. The van der Waals surface area contributed by atoms with Gasteiger partial charge in [0.2, 0.25) is 5.91 Å². The van der Waals surface area contributed by atoms with Gasteiger partial charge in [-0.25, -0.2) is 9.37 Å². The molecule has 1 aliphatic rings. The zero-order valence-electron chi connectivity index (χ0n) is 8.46. The topological polar surface area (TPSA) is 54.0 Å². The second-order valence-corrected chi connectivity index (χ2v) is 4.53. The summed E-state index contributed by atoms with van der Waals surface area (Å²) in [6.07, 6.45) is 3.08.